The molecule has 1 saturated heterocycles. The summed E-state index contributed by atoms with van der Waals surface area (Å²) in [6, 6.07) is 1.36. The molecule has 2 amide bonds. The first kappa shape index (κ1) is 30.3. The summed E-state index contributed by atoms with van der Waals surface area (Å²) in [5, 5.41) is 9.70. The van der Waals surface area contributed by atoms with Gasteiger partial charge in [0, 0.05) is 45.5 Å². The number of imide groups is 1. The maximum Gasteiger partial charge on any atom is 0.424 e. The molecule has 2 heterocycles. The number of hydrogen-bond acceptors (Lipinski definition) is 8. The van der Waals surface area contributed by atoms with Crippen molar-refractivity contribution in [2.75, 3.05) is 37.6 Å². The Kier molecular flexibility index (Phi) is 9.53. The van der Waals surface area contributed by atoms with Crippen LogP contribution in [0.3, 0.4) is 0 Å². The summed E-state index contributed by atoms with van der Waals surface area (Å²) in [4.78, 5) is 46.1. The maximum atomic E-state index is 13.0. The highest BCUT2D eigenvalue weighted by molar-refractivity contribution is 6.12. The third-order valence-electron chi connectivity index (χ3n) is 5.10. The second kappa shape index (κ2) is 11.6. The highest BCUT2D eigenvalue weighted by Gasteiger charge is 2.36. The van der Waals surface area contributed by atoms with Crippen LogP contribution in [0.4, 0.5) is 28.4 Å². The minimum absolute atomic E-state index is 0.0723. The summed E-state index contributed by atoms with van der Waals surface area (Å²) in [7, 11) is 0. The number of carbonyl (C=O) groups is 3. The fourth-order valence-corrected chi connectivity index (χ4v) is 3.52. The number of carboxylic acid groups (broad SMARTS) is 1. The Labute approximate surface area is 214 Å². The van der Waals surface area contributed by atoms with Crippen molar-refractivity contribution in [1.82, 2.24) is 14.8 Å². The lowest BCUT2D eigenvalue weighted by Crippen LogP contribution is -2.46. The Morgan fingerprint density at radius 3 is 1.86 bits per heavy atom. The van der Waals surface area contributed by atoms with Crippen LogP contribution in [0, 0.1) is 0 Å². The summed E-state index contributed by atoms with van der Waals surface area (Å²) in [6.07, 6.45) is -6.00. The molecular weight excluding hydrogens is 497 g/mol. The van der Waals surface area contributed by atoms with Crippen LogP contribution in [0.2, 0.25) is 0 Å². The Bertz CT molecular complexity index is 952. The molecule has 0 saturated carbocycles. The predicted molar refractivity (Wildman–Crippen MR) is 129 cm³/mol. The molecule has 13 heteroatoms. The molecule has 1 aromatic heterocycles. The topological polar surface area (TPSA) is 113 Å². The molecule has 37 heavy (non-hydrogen) atoms. The monoisotopic (exact) mass is 532 g/mol. The number of nitrogens with zero attached hydrogens (tertiary/aromatic N) is 4. The van der Waals surface area contributed by atoms with E-state index < -0.39 is 47.6 Å². The van der Waals surface area contributed by atoms with E-state index in [2.05, 4.69) is 4.98 Å². The van der Waals surface area contributed by atoms with Crippen LogP contribution in [0.25, 0.3) is 0 Å². The van der Waals surface area contributed by atoms with Gasteiger partial charge in [-0.25, -0.2) is 19.4 Å². The van der Waals surface area contributed by atoms with Crippen LogP contribution in [-0.4, -0.2) is 88.1 Å². The zero-order valence-corrected chi connectivity index (χ0v) is 22.0. The number of piperazine rings is 1. The highest BCUT2D eigenvalue weighted by Crippen LogP contribution is 2.27. The van der Waals surface area contributed by atoms with E-state index in [0.29, 0.717) is 36.6 Å². The molecule has 0 bridgehead atoms. The van der Waals surface area contributed by atoms with Gasteiger partial charge in [-0.15, -0.1) is 0 Å². The minimum atomic E-state index is -4.21. The standard InChI is InChI=1S/C24H35F3N4O6/c1-22(2,3)36-20(34)31(21(35)37-23(4,5)6)17-13-16(14-28-18(17)19(32)33)15-30-11-9-29(10-12-30)8-7-24(25,26)27/h13-14H,7-12,15H2,1-6H3,(H,32,33). The zero-order valence-electron chi connectivity index (χ0n) is 22.0. The Balaban J connectivity index is 2.30. The van der Waals surface area contributed by atoms with Gasteiger partial charge in [-0.3, -0.25) is 4.90 Å². The number of rotatable bonds is 6. The maximum absolute atomic E-state index is 13.0. The van der Waals surface area contributed by atoms with Gasteiger partial charge in [0.2, 0.25) is 0 Å². The lowest BCUT2D eigenvalue weighted by atomic mass is 10.1. The number of aromatic carboxylic acids is 1. The van der Waals surface area contributed by atoms with Gasteiger partial charge in [-0.2, -0.15) is 18.1 Å². The van der Waals surface area contributed by atoms with E-state index in [-0.39, 0.29) is 18.8 Å². The van der Waals surface area contributed by atoms with Gasteiger partial charge in [-0.05, 0) is 53.2 Å². The smallest absolute Gasteiger partial charge is 0.424 e. The fourth-order valence-electron chi connectivity index (χ4n) is 3.52. The summed E-state index contributed by atoms with van der Waals surface area (Å²) >= 11 is 0. The molecule has 0 radical (unpaired) electrons. The average Bonchev–Trinajstić information content (AvgIpc) is 2.70. The molecule has 0 unspecified atom stereocenters. The van der Waals surface area contributed by atoms with Crippen molar-refractivity contribution in [1.29, 1.82) is 0 Å². The number of amides is 2. The quantitative estimate of drug-likeness (QED) is 0.565. The summed E-state index contributed by atoms with van der Waals surface area (Å²) in [5.74, 6) is -1.46. The van der Waals surface area contributed by atoms with Crippen molar-refractivity contribution in [2.45, 2.75) is 71.9 Å². The number of alkyl halides is 3. The van der Waals surface area contributed by atoms with E-state index >= 15 is 0 Å². The predicted octanol–water partition coefficient (Wildman–Crippen LogP) is 4.53. The van der Waals surface area contributed by atoms with Gasteiger partial charge in [0.15, 0.2) is 5.69 Å². The van der Waals surface area contributed by atoms with Crippen molar-refractivity contribution in [2.24, 2.45) is 0 Å². The lowest BCUT2D eigenvalue weighted by Gasteiger charge is -2.35. The molecular formula is C24H35F3N4O6. The van der Waals surface area contributed by atoms with Gasteiger partial charge in [0.25, 0.3) is 0 Å². The molecule has 1 aromatic rings. The number of ether oxygens (including phenoxy) is 2. The minimum Gasteiger partial charge on any atom is -0.476 e. The van der Waals surface area contributed by atoms with Gasteiger partial charge in [-0.1, -0.05) is 0 Å². The molecule has 2 rings (SSSR count). The molecule has 0 aliphatic carbocycles. The number of hydrogen-bond donors (Lipinski definition) is 1. The SMILES string of the molecule is CC(C)(C)OC(=O)N(C(=O)OC(C)(C)C)c1cc(CN2CCN(CCC(F)(F)F)CC2)cnc1C(=O)O. The molecule has 0 aromatic carbocycles. The number of pyridine rings is 1. The van der Waals surface area contributed by atoms with Crippen molar-refractivity contribution in [3.8, 4) is 0 Å². The molecule has 0 atom stereocenters. The second-order valence-electron chi connectivity index (χ2n) is 10.8. The van der Waals surface area contributed by atoms with Crippen LogP contribution in [0.15, 0.2) is 12.3 Å². The van der Waals surface area contributed by atoms with E-state index in [1.54, 1.807) is 46.4 Å². The van der Waals surface area contributed by atoms with Crippen LogP contribution >= 0.6 is 0 Å². The Morgan fingerprint density at radius 2 is 1.43 bits per heavy atom. The van der Waals surface area contributed by atoms with Crippen molar-refractivity contribution < 1.29 is 42.1 Å². The summed E-state index contributed by atoms with van der Waals surface area (Å²) < 4.78 is 48.2. The van der Waals surface area contributed by atoms with Crippen LogP contribution in [0.1, 0.15) is 64.0 Å². The van der Waals surface area contributed by atoms with E-state index in [0.717, 1.165) is 0 Å². The number of carbonyl (C=O) groups excluding carboxylic acids is 2. The molecule has 1 aliphatic heterocycles. The van der Waals surface area contributed by atoms with Gasteiger partial charge in [0.05, 0.1) is 12.1 Å². The van der Waals surface area contributed by atoms with Crippen molar-refractivity contribution in [3.63, 3.8) is 0 Å². The number of aromatic nitrogens is 1. The largest absolute Gasteiger partial charge is 0.476 e. The lowest BCUT2D eigenvalue weighted by molar-refractivity contribution is -0.138. The Morgan fingerprint density at radius 1 is 0.946 bits per heavy atom. The molecule has 10 nitrogen and oxygen atoms in total. The first-order valence-corrected chi connectivity index (χ1v) is 11.8. The van der Waals surface area contributed by atoms with Crippen LogP contribution < -0.4 is 4.90 Å². The summed E-state index contributed by atoms with van der Waals surface area (Å²) in [6.45, 7) is 11.6. The van der Waals surface area contributed by atoms with Crippen LogP contribution in [-0.2, 0) is 16.0 Å². The molecule has 0 spiro atoms. The zero-order chi connectivity index (χ0) is 28.2. The van der Waals surface area contributed by atoms with Crippen LogP contribution in [0.5, 0.6) is 0 Å². The normalized spacial score (nSPS) is 15.8. The fraction of sp³-hybridized carbons (Fsp3) is 0.667. The number of carboxylic acids is 1. The molecule has 1 fully saturated rings. The Hall–Kier alpha value is -2.93. The first-order valence-electron chi connectivity index (χ1n) is 11.8. The second-order valence-corrected chi connectivity index (χ2v) is 10.8. The van der Waals surface area contributed by atoms with Crippen molar-refractivity contribution in [3.05, 3.63) is 23.5 Å². The van der Waals surface area contributed by atoms with E-state index in [1.807, 2.05) is 4.90 Å². The van der Waals surface area contributed by atoms with Gasteiger partial charge in [0.1, 0.15) is 11.2 Å². The number of halogens is 3. The molecule has 1 N–H and O–H groups in total. The van der Waals surface area contributed by atoms with E-state index in [1.165, 1.54) is 12.3 Å². The van der Waals surface area contributed by atoms with Crippen molar-refractivity contribution >= 4 is 23.8 Å². The third-order valence-corrected chi connectivity index (χ3v) is 5.10. The van der Waals surface area contributed by atoms with Gasteiger partial charge < -0.3 is 19.5 Å². The molecule has 208 valence electrons. The average molecular weight is 533 g/mol. The van der Waals surface area contributed by atoms with E-state index in [4.69, 9.17) is 9.47 Å². The highest BCUT2D eigenvalue weighted by atomic mass is 19.4. The molecule has 1 aliphatic rings. The summed E-state index contributed by atoms with van der Waals surface area (Å²) in [5.41, 5.74) is -2.33. The van der Waals surface area contributed by atoms with Gasteiger partial charge >= 0.3 is 24.3 Å². The third kappa shape index (κ3) is 10.2. The number of anilines is 1. The van der Waals surface area contributed by atoms with E-state index in [9.17, 15) is 32.7 Å². The first-order chi connectivity index (χ1) is 16.8.